The molecule has 0 fully saturated rings. The smallest absolute Gasteiger partial charge is 0.255 e. The summed E-state index contributed by atoms with van der Waals surface area (Å²) in [7, 11) is 0. The predicted octanol–water partition coefficient (Wildman–Crippen LogP) is 5.90. The Bertz CT molecular complexity index is 1050. The number of hydrogen-bond acceptors (Lipinski definition) is 4. The summed E-state index contributed by atoms with van der Waals surface area (Å²) in [4.78, 5) is 25.1. The molecular weight excluding hydrogens is 408 g/mol. The maximum atomic E-state index is 12.8. The van der Waals surface area contributed by atoms with Crippen molar-refractivity contribution >= 4 is 35.0 Å². The van der Waals surface area contributed by atoms with E-state index in [1.807, 2.05) is 19.1 Å². The van der Waals surface area contributed by atoms with E-state index in [2.05, 4.69) is 41.8 Å². The third kappa shape index (κ3) is 6.62. The van der Waals surface area contributed by atoms with Crippen LogP contribution in [0.2, 0.25) is 0 Å². The fourth-order valence-corrected chi connectivity index (χ4v) is 3.85. The number of rotatable bonds is 8. The van der Waals surface area contributed by atoms with E-state index in [4.69, 9.17) is 4.74 Å². The van der Waals surface area contributed by atoms with Crippen molar-refractivity contribution in [3.8, 4) is 5.75 Å². The van der Waals surface area contributed by atoms with Gasteiger partial charge in [-0.1, -0.05) is 17.7 Å². The average Bonchev–Trinajstić information content (AvgIpc) is 2.75. The van der Waals surface area contributed by atoms with Crippen molar-refractivity contribution in [3.05, 3.63) is 83.4 Å². The summed E-state index contributed by atoms with van der Waals surface area (Å²) in [5.74, 6) is 1.16. The van der Waals surface area contributed by atoms with Gasteiger partial charge in [-0.2, -0.15) is 0 Å². The van der Waals surface area contributed by atoms with Crippen LogP contribution in [0.15, 0.2) is 71.6 Å². The Morgan fingerprint density at radius 2 is 1.55 bits per heavy atom. The van der Waals surface area contributed by atoms with Gasteiger partial charge in [0.1, 0.15) is 5.75 Å². The molecule has 160 valence electrons. The van der Waals surface area contributed by atoms with Crippen molar-refractivity contribution in [2.45, 2.75) is 31.4 Å². The van der Waals surface area contributed by atoms with Gasteiger partial charge in [0.05, 0.1) is 6.61 Å². The van der Waals surface area contributed by atoms with E-state index < -0.39 is 0 Å². The van der Waals surface area contributed by atoms with Gasteiger partial charge in [-0.3, -0.25) is 9.59 Å². The molecule has 0 radical (unpaired) electrons. The third-order valence-electron chi connectivity index (χ3n) is 4.50. The molecule has 0 heterocycles. The quantitative estimate of drug-likeness (QED) is 0.433. The zero-order chi connectivity index (χ0) is 22.2. The van der Waals surface area contributed by atoms with Crippen LogP contribution in [0.1, 0.15) is 35.3 Å². The topological polar surface area (TPSA) is 67.4 Å². The van der Waals surface area contributed by atoms with Crippen molar-refractivity contribution in [2.24, 2.45) is 0 Å². The molecule has 0 spiro atoms. The van der Waals surface area contributed by atoms with Crippen LogP contribution in [0.4, 0.5) is 11.4 Å². The highest BCUT2D eigenvalue weighted by atomic mass is 32.2. The van der Waals surface area contributed by atoms with Gasteiger partial charge < -0.3 is 15.4 Å². The molecule has 3 aromatic carbocycles. The number of carbonyl (C=O) groups is 2. The molecule has 0 atom stereocenters. The molecule has 0 bridgehead atoms. The van der Waals surface area contributed by atoms with Gasteiger partial charge in [-0.15, -0.1) is 11.8 Å². The monoisotopic (exact) mass is 434 g/mol. The van der Waals surface area contributed by atoms with Gasteiger partial charge in [0.2, 0.25) is 5.91 Å². The molecule has 0 aliphatic carbocycles. The molecule has 0 unspecified atom stereocenters. The van der Waals surface area contributed by atoms with E-state index in [-0.39, 0.29) is 11.8 Å². The van der Waals surface area contributed by atoms with Crippen molar-refractivity contribution in [1.29, 1.82) is 0 Å². The summed E-state index contributed by atoms with van der Waals surface area (Å²) in [6.45, 7) is 6.03. The normalized spacial score (nSPS) is 10.4. The second-order valence-corrected chi connectivity index (χ2v) is 8.12. The van der Waals surface area contributed by atoms with E-state index in [0.717, 1.165) is 11.3 Å². The second-order valence-electron chi connectivity index (χ2n) is 7.07. The Balaban J connectivity index is 1.72. The molecule has 5 nitrogen and oxygen atoms in total. The largest absolute Gasteiger partial charge is 0.494 e. The minimum absolute atomic E-state index is 0.137. The molecule has 0 saturated carbocycles. The Labute approximate surface area is 187 Å². The SMILES string of the molecule is CCOc1ccc(C(=O)Nc2ccc(NC(C)=O)cc2)cc1CSc1ccc(C)cc1. The number of benzene rings is 3. The number of nitrogens with one attached hydrogen (secondary N) is 2. The molecular formula is C25H26N2O3S. The molecule has 3 rings (SSSR count). The van der Waals surface area contributed by atoms with Crippen LogP contribution in [0.3, 0.4) is 0 Å². The first-order valence-corrected chi connectivity index (χ1v) is 11.1. The standard InChI is InChI=1S/C25H26N2O3S/c1-4-30-24-14-7-19(15-20(24)16-31-23-12-5-17(2)6-13-23)25(29)27-22-10-8-21(9-11-22)26-18(3)28/h5-15H,4,16H2,1-3H3,(H,26,28)(H,27,29). The van der Waals surface area contributed by atoms with Crippen LogP contribution >= 0.6 is 11.8 Å². The number of anilines is 2. The molecule has 0 aliphatic rings. The summed E-state index contributed by atoms with van der Waals surface area (Å²) in [6, 6.07) is 20.9. The number of ether oxygens (including phenoxy) is 1. The lowest BCUT2D eigenvalue weighted by Gasteiger charge is -2.13. The highest BCUT2D eigenvalue weighted by Gasteiger charge is 2.12. The number of hydrogen-bond donors (Lipinski definition) is 2. The Morgan fingerprint density at radius 3 is 2.16 bits per heavy atom. The molecule has 2 amide bonds. The van der Waals surface area contributed by atoms with Crippen molar-refractivity contribution in [1.82, 2.24) is 0 Å². The number of thioether (sulfide) groups is 1. The first kappa shape index (κ1) is 22.4. The molecule has 0 saturated heterocycles. The molecule has 3 aromatic rings. The van der Waals surface area contributed by atoms with E-state index in [0.29, 0.717) is 29.3 Å². The number of carbonyl (C=O) groups excluding carboxylic acids is 2. The zero-order valence-corrected chi connectivity index (χ0v) is 18.7. The lowest BCUT2D eigenvalue weighted by atomic mass is 10.1. The molecule has 31 heavy (non-hydrogen) atoms. The van der Waals surface area contributed by atoms with Crippen LogP contribution < -0.4 is 15.4 Å². The Kier molecular flexibility index (Phi) is 7.73. The Hall–Kier alpha value is -3.25. The summed E-state index contributed by atoms with van der Waals surface area (Å²) in [5.41, 5.74) is 4.10. The fourth-order valence-electron chi connectivity index (χ4n) is 2.97. The predicted molar refractivity (Wildman–Crippen MR) is 127 cm³/mol. The summed E-state index contributed by atoms with van der Waals surface area (Å²) >= 11 is 1.71. The first-order chi connectivity index (χ1) is 14.9. The van der Waals surface area contributed by atoms with Crippen molar-refractivity contribution in [3.63, 3.8) is 0 Å². The summed E-state index contributed by atoms with van der Waals surface area (Å²) in [5, 5.41) is 5.60. The minimum atomic E-state index is -0.197. The third-order valence-corrected chi connectivity index (χ3v) is 5.56. The lowest BCUT2D eigenvalue weighted by Crippen LogP contribution is -2.13. The van der Waals surface area contributed by atoms with Gasteiger partial charge in [0.25, 0.3) is 5.91 Å². The van der Waals surface area contributed by atoms with Gasteiger partial charge >= 0.3 is 0 Å². The highest BCUT2D eigenvalue weighted by molar-refractivity contribution is 7.98. The molecule has 0 aliphatic heterocycles. The molecule has 2 N–H and O–H groups in total. The van der Waals surface area contributed by atoms with E-state index >= 15 is 0 Å². The fraction of sp³-hybridized carbons (Fsp3) is 0.200. The minimum Gasteiger partial charge on any atom is -0.494 e. The maximum absolute atomic E-state index is 12.8. The van der Waals surface area contributed by atoms with Gasteiger partial charge in [0.15, 0.2) is 0 Å². The van der Waals surface area contributed by atoms with Crippen LogP contribution in [0.5, 0.6) is 5.75 Å². The maximum Gasteiger partial charge on any atom is 0.255 e. The molecule has 0 aromatic heterocycles. The molecule has 6 heteroatoms. The Morgan fingerprint density at radius 1 is 0.903 bits per heavy atom. The van der Waals surface area contributed by atoms with E-state index in [1.54, 1.807) is 42.1 Å². The lowest BCUT2D eigenvalue weighted by molar-refractivity contribution is -0.114. The number of aryl methyl sites for hydroxylation is 1. The van der Waals surface area contributed by atoms with Crippen molar-refractivity contribution in [2.75, 3.05) is 17.2 Å². The average molecular weight is 435 g/mol. The van der Waals surface area contributed by atoms with Gasteiger partial charge in [-0.05, 0) is 68.4 Å². The number of amides is 2. The van der Waals surface area contributed by atoms with Crippen LogP contribution in [0, 0.1) is 6.92 Å². The summed E-state index contributed by atoms with van der Waals surface area (Å²) in [6.07, 6.45) is 0. The first-order valence-electron chi connectivity index (χ1n) is 10.1. The van der Waals surface area contributed by atoms with E-state index in [9.17, 15) is 9.59 Å². The van der Waals surface area contributed by atoms with Gasteiger partial charge in [-0.25, -0.2) is 0 Å². The highest BCUT2D eigenvalue weighted by Crippen LogP contribution is 2.29. The van der Waals surface area contributed by atoms with Crippen LogP contribution in [-0.4, -0.2) is 18.4 Å². The second kappa shape index (κ2) is 10.7. The summed E-state index contributed by atoms with van der Waals surface area (Å²) < 4.78 is 5.76. The van der Waals surface area contributed by atoms with Crippen LogP contribution in [-0.2, 0) is 10.5 Å². The van der Waals surface area contributed by atoms with Crippen LogP contribution in [0.25, 0.3) is 0 Å². The van der Waals surface area contributed by atoms with E-state index in [1.165, 1.54) is 17.4 Å². The van der Waals surface area contributed by atoms with Gasteiger partial charge in [0, 0.05) is 40.1 Å². The zero-order valence-electron chi connectivity index (χ0n) is 17.9. The van der Waals surface area contributed by atoms with Crippen molar-refractivity contribution < 1.29 is 14.3 Å².